The van der Waals surface area contributed by atoms with Gasteiger partial charge in [-0.05, 0) is 67.8 Å². The van der Waals surface area contributed by atoms with Crippen LogP contribution in [0.3, 0.4) is 0 Å². The second kappa shape index (κ2) is 8.64. The Balaban J connectivity index is 1.49. The molecule has 4 nitrogen and oxygen atoms in total. The van der Waals surface area contributed by atoms with E-state index in [0.29, 0.717) is 5.41 Å². The third-order valence-electron chi connectivity index (χ3n) is 6.64. The number of hydrogen-bond donors (Lipinski definition) is 1. The summed E-state index contributed by atoms with van der Waals surface area (Å²) in [6.07, 6.45) is 4.38. The van der Waals surface area contributed by atoms with E-state index in [2.05, 4.69) is 67.1 Å². The number of benzene rings is 1. The van der Waals surface area contributed by atoms with Gasteiger partial charge in [-0.1, -0.05) is 27.7 Å². The van der Waals surface area contributed by atoms with Gasteiger partial charge in [0.1, 0.15) is 0 Å². The van der Waals surface area contributed by atoms with Crippen LogP contribution in [-0.2, 0) is 4.79 Å². The third kappa shape index (κ3) is 5.25. The Bertz CT molecular complexity index is 604. The maximum atomic E-state index is 12.7. The molecule has 0 spiro atoms. The molecule has 0 radical (unpaired) electrons. The molecule has 1 aromatic carbocycles. The van der Waals surface area contributed by atoms with E-state index in [-0.39, 0.29) is 11.8 Å². The molecule has 4 heteroatoms. The van der Waals surface area contributed by atoms with E-state index in [1.807, 2.05) is 0 Å². The lowest BCUT2D eigenvalue weighted by Crippen LogP contribution is -2.46. The summed E-state index contributed by atoms with van der Waals surface area (Å²) in [7, 11) is 0. The van der Waals surface area contributed by atoms with Crippen molar-refractivity contribution >= 4 is 17.3 Å². The highest BCUT2D eigenvalue weighted by atomic mass is 16.1. The fourth-order valence-electron chi connectivity index (χ4n) is 4.54. The van der Waals surface area contributed by atoms with Gasteiger partial charge in [-0.25, -0.2) is 0 Å². The highest BCUT2D eigenvalue weighted by Crippen LogP contribution is 2.40. The quantitative estimate of drug-likeness (QED) is 0.839. The molecule has 27 heavy (non-hydrogen) atoms. The van der Waals surface area contributed by atoms with Crippen LogP contribution in [0.1, 0.15) is 53.4 Å². The van der Waals surface area contributed by atoms with Crippen LogP contribution in [-0.4, -0.2) is 43.5 Å². The normalized spacial score (nSPS) is 24.7. The zero-order valence-corrected chi connectivity index (χ0v) is 17.6. The number of piperazine rings is 1. The van der Waals surface area contributed by atoms with Crippen LogP contribution < -0.4 is 10.2 Å². The largest absolute Gasteiger partial charge is 0.369 e. The maximum absolute atomic E-state index is 12.7. The minimum Gasteiger partial charge on any atom is -0.369 e. The number of amides is 1. The van der Waals surface area contributed by atoms with Crippen LogP contribution in [0.4, 0.5) is 11.4 Å². The molecule has 2 fully saturated rings. The van der Waals surface area contributed by atoms with E-state index in [4.69, 9.17) is 0 Å². The molecule has 1 aliphatic carbocycles. The van der Waals surface area contributed by atoms with E-state index >= 15 is 0 Å². The Morgan fingerprint density at radius 2 is 1.59 bits per heavy atom. The summed E-state index contributed by atoms with van der Waals surface area (Å²) in [5.74, 6) is 1.12. The fourth-order valence-corrected chi connectivity index (χ4v) is 4.54. The number of carbonyl (C=O) groups excluding carboxylic acids is 1. The maximum Gasteiger partial charge on any atom is 0.227 e. The van der Waals surface area contributed by atoms with E-state index in [1.165, 1.54) is 18.5 Å². The summed E-state index contributed by atoms with van der Waals surface area (Å²) in [4.78, 5) is 17.6. The highest BCUT2D eigenvalue weighted by molar-refractivity contribution is 5.92. The molecular formula is C23H37N3O. The molecule has 1 aromatic rings. The zero-order chi connectivity index (χ0) is 19.4. The summed E-state index contributed by atoms with van der Waals surface area (Å²) in [6, 6.07) is 8.40. The SMILES string of the molecule is CCN1CCN(c2ccc(NC(=O)C3CCC(C(C)(C)C)CC3)cc2)CC1. The first kappa shape index (κ1) is 20.2. The minimum absolute atomic E-state index is 0.172. The molecule has 0 aromatic heterocycles. The van der Waals surface area contributed by atoms with Gasteiger partial charge in [-0.15, -0.1) is 0 Å². The van der Waals surface area contributed by atoms with Crippen molar-refractivity contribution in [2.75, 3.05) is 42.9 Å². The summed E-state index contributed by atoms with van der Waals surface area (Å²) in [5.41, 5.74) is 2.54. The molecule has 1 heterocycles. The molecule has 0 atom stereocenters. The molecule has 1 aliphatic heterocycles. The van der Waals surface area contributed by atoms with Gasteiger partial charge < -0.3 is 15.1 Å². The molecule has 3 rings (SSSR count). The Hall–Kier alpha value is -1.55. The van der Waals surface area contributed by atoms with Gasteiger partial charge >= 0.3 is 0 Å². The molecule has 1 saturated heterocycles. The predicted octanol–water partition coefficient (Wildman–Crippen LogP) is 4.62. The van der Waals surface area contributed by atoms with Gasteiger partial charge in [-0.2, -0.15) is 0 Å². The average molecular weight is 372 g/mol. The fraction of sp³-hybridized carbons (Fsp3) is 0.696. The number of rotatable bonds is 4. The molecule has 1 amide bonds. The lowest BCUT2D eigenvalue weighted by Gasteiger charge is -2.36. The number of likely N-dealkylation sites (N-methyl/N-ethyl adjacent to an activating group) is 1. The predicted molar refractivity (Wildman–Crippen MR) is 114 cm³/mol. The van der Waals surface area contributed by atoms with Crippen molar-refractivity contribution < 1.29 is 4.79 Å². The van der Waals surface area contributed by atoms with Crippen LogP contribution in [0, 0.1) is 17.3 Å². The van der Waals surface area contributed by atoms with E-state index in [9.17, 15) is 4.79 Å². The smallest absolute Gasteiger partial charge is 0.227 e. The first-order valence-corrected chi connectivity index (χ1v) is 10.7. The van der Waals surface area contributed by atoms with Crippen LogP contribution in [0.2, 0.25) is 0 Å². The number of hydrogen-bond acceptors (Lipinski definition) is 3. The van der Waals surface area contributed by atoms with Crippen molar-refractivity contribution in [1.29, 1.82) is 0 Å². The van der Waals surface area contributed by atoms with Gasteiger partial charge in [0.15, 0.2) is 0 Å². The van der Waals surface area contributed by atoms with Crippen molar-refractivity contribution in [2.24, 2.45) is 17.3 Å². The van der Waals surface area contributed by atoms with Gasteiger partial charge in [0.2, 0.25) is 5.91 Å². The number of anilines is 2. The van der Waals surface area contributed by atoms with E-state index < -0.39 is 0 Å². The highest BCUT2D eigenvalue weighted by Gasteiger charge is 2.32. The Labute approximate surface area is 165 Å². The molecule has 2 aliphatic rings. The van der Waals surface area contributed by atoms with Crippen molar-refractivity contribution in [1.82, 2.24) is 4.90 Å². The van der Waals surface area contributed by atoms with Crippen molar-refractivity contribution in [3.05, 3.63) is 24.3 Å². The van der Waals surface area contributed by atoms with Crippen LogP contribution >= 0.6 is 0 Å². The van der Waals surface area contributed by atoms with E-state index in [0.717, 1.165) is 57.2 Å². The molecular weight excluding hydrogens is 334 g/mol. The number of nitrogens with one attached hydrogen (secondary N) is 1. The Morgan fingerprint density at radius 1 is 1.00 bits per heavy atom. The lowest BCUT2D eigenvalue weighted by molar-refractivity contribution is -0.121. The molecule has 0 bridgehead atoms. The second-order valence-electron chi connectivity index (χ2n) is 9.37. The third-order valence-corrected chi connectivity index (χ3v) is 6.64. The first-order valence-electron chi connectivity index (χ1n) is 10.7. The summed E-state index contributed by atoms with van der Waals surface area (Å²) in [6.45, 7) is 14.7. The summed E-state index contributed by atoms with van der Waals surface area (Å²) < 4.78 is 0. The summed E-state index contributed by atoms with van der Waals surface area (Å²) in [5, 5.41) is 3.15. The van der Waals surface area contributed by atoms with Gasteiger partial charge in [-0.3, -0.25) is 4.79 Å². The van der Waals surface area contributed by atoms with Crippen LogP contribution in [0.15, 0.2) is 24.3 Å². The Morgan fingerprint density at radius 3 is 2.11 bits per heavy atom. The summed E-state index contributed by atoms with van der Waals surface area (Å²) >= 11 is 0. The zero-order valence-electron chi connectivity index (χ0n) is 17.6. The standard InChI is InChI=1S/C23H37N3O/c1-5-25-14-16-26(17-15-25)21-12-10-20(11-13-21)24-22(27)18-6-8-19(9-7-18)23(2,3)4/h10-13,18-19H,5-9,14-17H2,1-4H3,(H,24,27). The monoisotopic (exact) mass is 371 g/mol. The van der Waals surface area contributed by atoms with Crippen molar-refractivity contribution in [2.45, 2.75) is 53.4 Å². The molecule has 150 valence electrons. The second-order valence-corrected chi connectivity index (χ2v) is 9.37. The van der Waals surface area contributed by atoms with Gasteiger partial charge in [0.25, 0.3) is 0 Å². The van der Waals surface area contributed by atoms with Crippen molar-refractivity contribution in [3.63, 3.8) is 0 Å². The molecule has 1 saturated carbocycles. The first-order chi connectivity index (χ1) is 12.9. The molecule has 0 unspecified atom stereocenters. The van der Waals surface area contributed by atoms with Crippen LogP contribution in [0.5, 0.6) is 0 Å². The Kier molecular flexibility index (Phi) is 6.46. The lowest BCUT2D eigenvalue weighted by atomic mass is 9.69. The van der Waals surface area contributed by atoms with E-state index in [1.54, 1.807) is 0 Å². The topological polar surface area (TPSA) is 35.6 Å². The minimum atomic E-state index is 0.172. The van der Waals surface area contributed by atoms with Crippen LogP contribution in [0.25, 0.3) is 0 Å². The van der Waals surface area contributed by atoms with Gasteiger partial charge in [0, 0.05) is 43.5 Å². The molecule has 1 N–H and O–H groups in total. The number of carbonyl (C=O) groups is 1. The van der Waals surface area contributed by atoms with Crippen molar-refractivity contribution in [3.8, 4) is 0 Å². The average Bonchev–Trinajstić information content (AvgIpc) is 2.68. The van der Waals surface area contributed by atoms with Gasteiger partial charge in [0.05, 0.1) is 0 Å². The number of nitrogens with zero attached hydrogens (tertiary/aromatic N) is 2.